The lowest BCUT2D eigenvalue weighted by Gasteiger charge is -2.21. The highest BCUT2D eigenvalue weighted by atomic mass is 127. The lowest BCUT2D eigenvalue weighted by molar-refractivity contribution is 0.459. The first-order valence-corrected chi connectivity index (χ1v) is 9.54. The van der Waals surface area contributed by atoms with Gasteiger partial charge in [0.05, 0.1) is 6.20 Å². The van der Waals surface area contributed by atoms with E-state index in [-0.39, 0.29) is 24.0 Å². The number of nitrogens with one attached hydrogen (secondary N) is 1. The monoisotopic (exact) mass is 451 g/mol. The molecule has 0 aliphatic carbocycles. The van der Waals surface area contributed by atoms with E-state index in [2.05, 4.69) is 32.8 Å². The standard InChI is InChI=1S/C16H29N5S.HI/c1-17-16(18-7-4-5-9-22-3)21-8-6-14(13-21)10-15-11-19-20(2)12-15;/h11-12,14H,4-10,13H2,1-3H3,(H,17,18);1H. The van der Waals surface area contributed by atoms with Crippen molar-refractivity contribution in [2.45, 2.75) is 25.7 Å². The molecule has 1 aliphatic rings. The van der Waals surface area contributed by atoms with Gasteiger partial charge in [0.2, 0.25) is 0 Å². The van der Waals surface area contributed by atoms with Crippen LogP contribution in [-0.2, 0) is 13.5 Å². The first-order chi connectivity index (χ1) is 10.7. The smallest absolute Gasteiger partial charge is 0.193 e. The minimum Gasteiger partial charge on any atom is -0.356 e. The number of aryl methyl sites for hydroxylation is 1. The molecule has 0 amide bonds. The maximum absolute atomic E-state index is 4.44. The highest BCUT2D eigenvalue weighted by Crippen LogP contribution is 2.20. The average Bonchev–Trinajstić information content (AvgIpc) is 3.13. The number of unbranched alkanes of at least 4 members (excludes halogenated alkanes) is 1. The molecule has 7 heteroatoms. The highest BCUT2D eigenvalue weighted by Gasteiger charge is 2.25. The molecule has 1 aromatic rings. The highest BCUT2D eigenvalue weighted by molar-refractivity contribution is 14.0. The van der Waals surface area contributed by atoms with Crippen LogP contribution in [0.1, 0.15) is 24.8 Å². The van der Waals surface area contributed by atoms with E-state index in [0.29, 0.717) is 5.92 Å². The Morgan fingerprint density at radius 3 is 2.96 bits per heavy atom. The Hall–Kier alpha value is -0.440. The van der Waals surface area contributed by atoms with E-state index in [4.69, 9.17) is 0 Å². The van der Waals surface area contributed by atoms with Gasteiger partial charge in [0.15, 0.2) is 5.96 Å². The van der Waals surface area contributed by atoms with E-state index >= 15 is 0 Å². The molecule has 1 saturated heterocycles. The number of hydrogen-bond donors (Lipinski definition) is 1. The van der Waals surface area contributed by atoms with Crippen molar-refractivity contribution in [3.63, 3.8) is 0 Å². The van der Waals surface area contributed by atoms with Crippen LogP contribution in [0.25, 0.3) is 0 Å². The van der Waals surface area contributed by atoms with Crippen LogP contribution in [-0.4, -0.2) is 59.3 Å². The van der Waals surface area contributed by atoms with Gasteiger partial charge in [0.1, 0.15) is 0 Å². The molecular weight excluding hydrogens is 421 g/mol. The molecule has 0 radical (unpaired) electrons. The molecule has 0 spiro atoms. The zero-order chi connectivity index (χ0) is 15.8. The number of aromatic nitrogens is 2. The summed E-state index contributed by atoms with van der Waals surface area (Å²) >= 11 is 1.92. The Morgan fingerprint density at radius 1 is 1.48 bits per heavy atom. The van der Waals surface area contributed by atoms with Gasteiger partial charge in [-0.25, -0.2) is 0 Å². The molecule has 1 aliphatic heterocycles. The molecule has 1 unspecified atom stereocenters. The molecule has 2 rings (SSSR count). The average molecular weight is 451 g/mol. The minimum absolute atomic E-state index is 0. The molecule has 2 heterocycles. The fourth-order valence-electron chi connectivity index (χ4n) is 3.01. The van der Waals surface area contributed by atoms with Crippen molar-refractivity contribution in [3.8, 4) is 0 Å². The second kappa shape index (κ2) is 11.2. The summed E-state index contributed by atoms with van der Waals surface area (Å²) in [7, 11) is 3.87. The molecule has 132 valence electrons. The van der Waals surface area contributed by atoms with E-state index in [9.17, 15) is 0 Å². The molecule has 1 fully saturated rings. The fourth-order valence-corrected chi connectivity index (χ4v) is 3.50. The van der Waals surface area contributed by atoms with Crippen LogP contribution in [0, 0.1) is 5.92 Å². The Bertz CT molecular complexity index is 477. The Morgan fingerprint density at radius 2 is 2.30 bits per heavy atom. The third kappa shape index (κ3) is 6.91. The van der Waals surface area contributed by atoms with Crippen molar-refractivity contribution in [2.24, 2.45) is 18.0 Å². The Labute approximate surface area is 161 Å². The van der Waals surface area contributed by atoms with Crippen molar-refractivity contribution in [1.82, 2.24) is 20.0 Å². The van der Waals surface area contributed by atoms with Gasteiger partial charge in [-0.15, -0.1) is 24.0 Å². The summed E-state index contributed by atoms with van der Waals surface area (Å²) in [6.07, 6.45) is 11.1. The number of nitrogens with zero attached hydrogens (tertiary/aromatic N) is 4. The van der Waals surface area contributed by atoms with Gasteiger partial charge in [-0.05, 0) is 49.2 Å². The zero-order valence-corrected chi connectivity index (χ0v) is 17.6. The Kier molecular flexibility index (Phi) is 10.0. The summed E-state index contributed by atoms with van der Waals surface area (Å²) in [4.78, 5) is 6.84. The molecular formula is C16H30IN5S. The van der Waals surface area contributed by atoms with Crippen molar-refractivity contribution >= 4 is 41.7 Å². The molecule has 0 bridgehead atoms. The van der Waals surface area contributed by atoms with Gasteiger partial charge in [-0.2, -0.15) is 16.9 Å². The maximum Gasteiger partial charge on any atom is 0.193 e. The largest absolute Gasteiger partial charge is 0.356 e. The fraction of sp³-hybridized carbons (Fsp3) is 0.750. The quantitative estimate of drug-likeness (QED) is 0.300. The summed E-state index contributed by atoms with van der Waals surface area (Å²) in [5.74, 6) is 3.02. The summed E-state index contributed by atoms with van der Waals surface area (Å²) in [6, 6.07) is 0. The Balaban J connectivity index is 0.00000264. The van der Waals surface area contributed by atoms with E-state index in [1.165, 1.54) is 30.6 Å². The topological polar surface area (TPSA) is 45.5 Å². The normalized spacial score (nSPS) is 18.1. The summed E-state index contributed by atoms with van der Waals surface area (Å²) < 4.78 is 1.89. The van der Waals surface area contributed by atoms with Crippen LogP contribution in [0.5, 0.6) is 0 Å². The van der Waals surface area contributed by atoms with Crippen molar-refractivity contribution in [3.05, 3.63) is 18.0 Å². The van der Waals surface area contributed by atoms with Crippen LogP contribution in [0.15, 0.2) is 17.4 Å². The first kappa shape index (κ1) is 20.6. The number of hydrogen-bond acceptors (Lipinski definition) is 3. The van der Waals surface area contributed by atoms with Crippen LogP contribution in [0.2, 0.25) is 0 Å². The third-order valence-corrected chi connectivity index (χ3v) is 4.84. The van der Waals surface area contributed by atoms with Gasteiger partial charge in [-0.3, -0.25) is 9.67 Å². The molecule has 1 N–H and O–H groups in total. The van der Waals surface area contributed by atoms with Gasteiger partial charge in [0, 0.05) is 39.9 Å². The molecule has 0 saturated carbocycles. The summed E-state index contributed by atoms with van der Waals surface area (Å²) in [5, 5.41) is 7.77. The van der Waals surface area contributed by atoms with Crippen molar-refractivity contribution in [1.29, 1.82) is 0 Å². The van der Waals surface area contributed by atoms with E-state index in [0.717, 1.165) is 32.0 Å². The maximum atomic E-state index is 4.44. The number of aliphatic imine (C=N–C) groups is 1. The van der Waals surface area contributed by atoms with Gasteiger partial charge in [0.25, 0.3) is 0 Å². The van der Waals surface area contributed by atoms with E-state index in [1.807, 2.05) is 36.7 Å². The molecule has 23 heavy (non-hydrogen) atoms. The summed E-state index contributed by atoms with van der Waals surface area (Å²) in [5.41, 5.74) is 1.34. The zero-order valence-electron chi connectivity index (χ0n) is 14.5. The predicted molar refractivity (Wildman–Crippen MR) is 111 cm³/mol. The first-order valence-electron chi connectivity index (χ1n) is 8.15. The molecule has 1 atom stereocenters. The minimum atomic E-state index is 0. The van der Waals surface area contributed by atoms with E-state index < -0.39 is 0 Å². The molecule has 1 aromatic heterocycles. The number of rotatable bonds is 7. The van der Waals surface area contributed by atoms with Crippen LogP contribution in [0.4, 0.5) is 0 Å². The lowest BCUT2D eigenvalue weighted by Crippen LogP contribution is -2.40. The second-order valence-corrected chi connectivity index (χ2v) is 6.99. The van der Waals surface area contributed by atoms with Crippen molar-refractivity contribution in [2.75, 3.05) is 38.7 Å². The number of halogens is 1. The number of guanidine groups is 1. The third-order valence-electron chi connectivity index (χ3n) is 4.14. The molecule has 0 aromatic carbocycles. The van der Waals surface area contributed by atoms with Crippen LogP contribution >= 0.6 is 35.7 Å². The SMILES string of the molecule is CN=C(NCCCCSC)N1CCC(Cc2cnn(C)c2)C1.I. The van der Waals surface area contributed by atoms with Gasteiger partial charge in [-0.1, -0.05) is 0 Å². The number of likely N-dealkylation sites (tertiary alicyclic amines) is 1. The number of thioether (sulfide) groups is 1. The second-order valence-electron chi connectivity index (χ2n) is 6.00. The van der Waals surface area contributed by atoms with Crippen LogP contribution < -0.4 is 5.32 Å². The van der Waals surface area contributed by atoms with E-state index in [1.54, 1.807) is 0 Å². The van der Waals surface area contributed by atoms with Gasteiger partial charge >= 0.3 is 0 Å². The van der Waals surface area contributed by atoms with Gasteiger partial charge < -0.3 is 10.2 Å². The summed E-state index contributed by atoms with van der Waals surface area (Å²) in [6.45, 7) is 3.23. The lowest BCUT2D eigenvalue weighted by atomic mass is 10.0. The molecule has 5 nitrogen and oxygen atoms in total. The van der Waals surface area contributed by atoms with Crippen molar-refractivity contribution < 1.29 is 0 Å². The predicted octanol–water partition coefficient (Wildman–Crippen LogP) is 2.62. The van der Waals surface area contributed by atoms with Crippen LogP contribution in [0.3, 0.4) is 0 Å².